The van der Waals surface area contributed by atoms with Gasteiger partial charge in [-0.05, 0) is 51.4 Å². The lowest BCUT2D eigenvalue weighted by Crippen LogP contribution is -2.43. The van der Waals surface area contributed by atoms with E-state index in [-0.39, 0.29) is 19.4 Å². The number of phosphoric ester groups is 1. The van der Waals surface area contributed by atoms with Crippen molar-refractivity contribution in [1.82, 2.24) is 0 Å². The Bertz CT molecular complexity index is 1080. The van der Waals surface area contributed by atoms with Gasteiger partial charge in [0.15, 0.2) is 18.0 Å². The monoisotopic (exact) mass is 782 g/mol. The lowest BCUT2D eigenvalue weighted by molar-refractivity contribution is -0.870. The maximum Gasteiger partial charge on any atom is 0.306 e. The summed E-state index contributed by atoms with van der Waals surface area (Å²) in [4.78, 5) is 38.8. The Labute approximate surface area is 330 Å². The standard InChI is InChI=1S/C44H80NO8P/c1-6-8-10-12-14-16-18-20-21-22-23-25-27-29-31-33-35-37-43(48)52-42(40-46)44(53-54(49,50)51-39-38-45(3,4)5)41(47)36-34-32-30-28-26-24-19-17-15-13-11-9-7-2/h14,16,20-21,23,25,29,31,42,44,46H,6-13,15,17-19,22,24,26-28,30,32-40H2,1-5H3/b16-14-,21-20-,25-23-,31-29-/t42-,44?/m0/s1. The number of allylic oxidation sites excluding steroid dienone is 8. The van der Waals surface area contributed by atoms with Gasteiger partial charge in [0.05, 0.1) is 27.7 Å². The summed E-state index contributed by atoms with van der Waals surface area (Å²) in [6.45, 7) is 3.96. The van der Waals surface area contributed by atoms with Crippen LogP contribution >= 0.6 is 7.82 Å². The van der Waals surface area contributed by atoms with Gasteiger partial charge in [-0.25, -0.2) is 0 Å². The van der Waals surface area contributed by atoms with Crippen molar-refractivity contribution in [2.75, 3.05) is 40.9 Å². The SMILES string of the molecule is CCCCC/C=C\C/C=C\C/C=C\C/C=C\CCCC(=O)O[C@@H](CO)C(OP(=O)([O-])OCC[N+](C)(C)C)C(=O)CCCCCCCCCCCCCCC. The number of unbranched alkanes of at least 4 members (excludes halogenated alkanes) is 16. The number of ketones is 1. The number of aliphatic hydroxyl groups is 1. The maximum absolute atomic E-state index is 13.3. The number of carbonyl (C=O) groups is 2. The van der Waals surface area contributed by atoms with Crippen LogP contribution < -0.4 is 4.89 Å². The molecule has 0 saturated heterocycles. The summed E-state index contributed by atoms with van der Waals surface area (Å²) in [5.41, 5.74) is 0. The molecule has 0 saturated carbocycles. The summed E-state index contributed by atoms with van der Waals surface area (Å²) in [5.74, 6) is -1.16. The second-order valence-electron chi connectivity index (χ2n) is 15.5. The lowest BCUT2D eigenvalue weighted by Gasteiger charge is -2.32. The average Bonchev–Trinajstić information content (AvgIpc) is 3.12. The van der Waals surface area contributed by atoms with Gasteiger partial charge < -0.3 is 28.3 Å². The van der Waals surface area contributed by atoms with E-state index in [2.05, 4.69) is 50.3 Å². The summed E-state index contributed by atoms with van der Waals surface area (Å²) in [6, 6.07) is 0. The molecule has 0 radical (unpaired) electrons. The van der Waals surface area contributed by atoms with E-state index < -0.39 is 38.4 Å². The number of Topliss-reactive ketones (excluding diaryl/α,β-unsaturated/α-hetero) is 1. The first kappa shape index (κ1) is 52.1. The zero-order chi connectivity index (χ0) is 40.2. The van der Waals surface area contributed by atoms with Crippen molar-refractivity contribution in [3.8, 4) is 0 Å². The van der Waals surface area contributed by atoms with Crippen LogP contribution in [0.1, 0.15) is 168 Å². The summed E-state index contributed by atoms with van der Waals surface area (Å²) in [7, 11) is 0.754. The van der Waals surface area contributed by atoms with E-state index in [0.29, 0.717) is 30.3 Å². The number of hydrogen-bond donors (Lipinski definition) is 1. The van der Waals surface area contributed by atoms with Crippen molar-refractivity contribution in [2.45, 2.75) is 180 Å². The number of aliphatic hydroxyl groups excluding tert-OH is 1. The zero-order valence-corrected chi connectivity index (χ0v) is 36.0. The molecule has 314 valence electrons. The van der Waals surface area contributed by atoms with Crippen LogP contribution in [0.5, 0.6) is 0 Å². The molecule has 0 spiro atoms. The normalized spacial score (nSPS) is 14.8. The third-order valence-corrected chi connectivity index (χ3v) is 10.1. The Morgan fingerprint density at radius 3 is 1.57 bits per heavy atom. The molecule has 2 unspecified atom stereocenters. The minimum absolute atomic E-state index is 0.0570. The first-order chi connectivity index (χ1) is 26.0. The highest BCUT2D eigenvalue weighted by Gasteiger charge is 2.35. The van der Waals surface area contributed by atoms with Gasteiger partial charge in [0.25, 0.3) is 7.82 Å². The zero-order valence-electron chi connectivity index (χ0n) is 35.1. The lowest BCUT2D eigenvalue weighted by atomic mass is 10.0. The Hall–Kier alpha value is -1.87. The van der Waals surface area contributed by atoms with Crippen molar-refractivity contribution >= 4 is 19.6 Å². The Balaban J connectivity index is 4.76. The van der Waals surface area contributed by atoms with Crippen LogP contribution in [0, 0.1) is 0 Å². The van der Waals surface area contributed by atoms with E-state index in [4.69, 9.17) is 13.8 Å². The van der Waals surface area contributed by atoms with E-state index >= 15 is 0 Å². The molecule has 1 N–H and O–H groups in total. The topological polar surface area (TPSA) is 122 Å². The summed E-state index contributed by atoms with van der Waals surface area (Å²) in [6.07, 6.45) is 37.9. The van der Waals surface area contributed by atoms with Gasteiger partial charge in [0.1, 0.15) is 13.2 Å². The Kier molecular flexibility index (Phi) is 34.3. The number of phosphoric acid groups is 1. The van der Waals surface area contributed by atoms with Crippen molar-refractivity contribution in [1.29, 1.82) is 0 Å². The number of hydrogen-bond acceptors (Lipinski definition) is 8. The highest BCUT2D eigenvalue weighted by Crippen LogP contribution is 2.41. The molecule has 0 aliphatic rings. The molecule has 0 fully saturated rings. The fourth-order valence-electron chi connectivity index (χ4n) is 5.74. The Morgan fingerprint density at radius 1 is 0.648 bits per heavy atom. The smallest absolute Gasteiger partial charge is 0.306 e. The van der Waals surface area contributed by atoms with Crippen LogP contribution in [0.4, 0.5) is 0 Å². The predicted molar refractivity (Wildman–Crippen MR) is 222 cm³/mol. The first-order valence-electron chi connectivity index (χ1n) is 21.3. The third-order valence-electron chi connectivity index (χ3n) is 9.11. The summed E-state index contributed by atoms with van der Waals surface area (Å²) < 4.78 is 28.9. The van der Waals surface area contributed by atoms with Crippen LogP contribution in [0.2, 0.25) is 0 Å². The summed E-state index contributed by atoms with van der Waals surface area (Å²) in [5, 5.41) is 10.1. The molecule has 0 aromatic heterocycles. The van der Waals surface area contributed by atoms with Gasteiger partial charge in [0.2, 0.25) is 0 Å². The van der Waals surface area contributed by atoms with Gasteiger partial charge in [0, 0.05) is 12.8 Å². The number of carbonyl (C=O) groups excluding carboxylic acids is 2. The van der Waals surface area contributed by atoms with E-state index in [1.165, 1.54) is 77.0 Å². The molecule has 3 atom stereocenters. The second-order valence-corrected chi connectivity index (χ2v) is 16.8. The Morgan fingerprint density at radius 2 is 1.09 bits per heavy atom. The van der Waals surface area contributed by atoms with Crippen molar-refractivity contribution in [3.63, 3.8) is 0 Å². The molecule has 0 aliphatic carbocycles. The fraction of sp³-hybridized carbons (Fsp3) is 0.773. The molecular formula is C44H80NO8P. The molecule has 0 aromatic carbocycles. The molecule has 0 aliphatic heterocycles. The van der Waals surface area contributed by atoms with Crippen LogP contribution in [-0.2, 0) is 27.9 Å². The molecule has 10 heteroatoms. The van der Waals surface area contributed by atoms with Gasteiger partial charge in [-0.15, -0.1) is 0 Å². The quantitative estimate of drug-likeness (QED) is 0.0216. The molecule has 0 aromatic rings. The van der Waals surface area contributed by atoms with E-state index in [9.17, 15) is 24.2 Å². The molecule has 0 rings (SSSR count). The summed E-state index contributed by atoms with van der Waals surface area (Å²) >= 11 is 0. The van der Waals surface area contributed by atoms with E-state index in [1.54, 1.807) is 0 Å². The van der Waals surface area contributed by atoms with E-state index in [0.717, 1.165) is 44.9 Å². The van der Waals surface area contributed by atoms with Crippen molar-refractivity contribution < 1.29 is 42.4 Å². The second kappa shape index (κ2) is 35.5. The number of rotatable bonds is 38. The number of quaternary nitrogens is 1. The first-order valence-corrected chi connectivity index (χ1v) is 22.8. The highest BCUT2D eigenvalue weighted by atomic mass is 31.2. The van der Waals surface area contributed by atoms with E-state index in [1.807, 2.05) is 33.3 Å². The van der Waals surface area contributed by atoms with Crippen LogP contribution in [-0.4, -0.2) is 74.5 Å². The minimum Gasteiger partial charge on any atom is -0.756 e. The largest absolute Gasteiger partial charge is 0.756 e. The predicted octanol–water partition coefficient (Wildman–Crippen LogP) is 10.7. The molecule has 0 heterocycles. The van der Waals surface area contributed by atoms with Gasteiger partial charge in [-0.3, -0.25) is 14.2 Å². The van der Waals surface area contributed by atoms with Gasteiger partial charge in [-0.1, -0.05) is 152 Å². The third kappa shape index (κ3) is 34.6. The van der Waals surface area contributed by atoms with Crippen molar-refractivity contribution in [2.24, 2.45) is 0 Å². The molecular weight excluding hydrogens is 701 g/mol. The fourth-order valence-corrected chi connectivity index (χ4v) is 6.63. The maximum atomic E-state index is 13.3. The van der Waals surface area contributed by atoms with Crippen LogP contribution in [0.15, 0.2) is 48.6 Å². The van der Waals surface area contributed by atoms with Crippen LogP contribution in [0.3, 0.4) is 0 Å². The minimum atomic E-state index is -4.93. The molecule has 9 nitrogen and oxygen atoms in total. The average molecular weight is 782 g/mol. The molecule has 54 heavy (non-hydrogen) atoms. The van der Waals surface area contributed by atoms with Gasteiger partial charge in [-0.2, -0.15) is 0 Å². The number of nitrogens with zero attached hydrogens (tertiary/aromatic N) is 1. The number of esters is 1. The van der Waals surface area contributed by atoms with Crippen LogP contribution in [0.25, 0.3) is 0 Å². The molecule has 0 amide bonds. The van der Waals surface area contributed by atoms with Crippen molar-refractivity contribution in [3.05, 3.63) is 48.6 Å². The highest BCUT2D eigenvalue weighted by molar-refractivity contribution is 7.45. The van der Waals surface area contributed by atoms with Gasteiger partial charge >= 0.3 is 5.97 Å². The number of likely N-dealkylation sites (N-methyl/N-ethyl adjacent to an activating group) is 1. The molecule has 0 bridgehead atoms. The number of ether oxygens (including phenoxy) is 1.